The van der Waals surface area contributed by atoms with E-state index in [1.807, 2.05) is 37.3 Å². The van der Waals surface area contributed by atoms with Gasteiger partial charge in [0.25, 0.3) is 0 Å². The molecule has 0 saturated carbocycles. The van der Waals surface area contributed by atoms with Gasteiger partial charge in [-0.15, -0.1) is 0 Å². The maximum Gasteiger partial charge on any atom is 0.139 e. The van der Waals surface area contributed by atoms with Crippen LogP contribution in [-0.4, -0.2) is 5.11 Å². The fraction of sp³-hybridized carbons (Fsp3) is 0.0667. The minimum atomic E-state index is 0.214. The van der Waals surface area contributed by atoms with Crippen molar-refractivity contribution in [3.8, 4) is 17.1 Å². The molecule has 2 aromatic carbocycles. The average molecular weight is 259 g/mol. The molecular formula is C15H11ClO2. The van der Waals surface area contributed by atoms with Crippen LogP contribution in [0.1, 0.15) is 5.56 Å². The Bertz CT molecular complexity index is 728. The van der Waals surface area contributed by atoms with E-state index in [1.54, 1.807) is 12.1 Å². The second-order valence-corrected chi connectivity index (χ2v) is 4.75. The standard InChI is InChI=1S/C15H11ClO2/c1-9-2-4-13(17)12(6-9)15-8-10-7-11(16)3-5-14(10)18-15/h2-8,17H,1H3. The molecule has 1 heterocycles. The molecule has 3 heteroatoms. The lowest BCUT2D eigenvalue weighted by Crippen LogP contribution is -1.78. The van der Waals surface area contributed by atoms with Gasteiger partial charge in [-0.1, -0.05) is 23.2 Å². The molecule has 0 atom stereocenters. The molecule has 90 valence electrons. The molecular weight excluding hydrogens is 248 g/mol. The van der Waals surface area contributed by atoms with Crippen molar-refractivity contribution in [1.82, 2.24) is 0 Å². The average Bonchev–Trinajstić information content (AvgIpc) is 2.74. The number of furan rings is 1. The van der Waals surface area contributed by atoms with Crippen molar-refractivity contribution in [2.45, 2.75) is 6.92 Å². The topological polar surface area (TPSA) is 33.4 Å². The molecule has 3 aromatic rings. The Balaban J connectivity index is 2.22. The number of hydrogen-bond donors (Lipinski definition) is 1. The summed E-state index contributed by atoms with van der Waals surface area (Å²) in [6, 6.07) is 12.8. The summed E-state index contributed by atoms with van der Waals surface area (Å²) >= 11 is 5.94. The maximum absolute atomic E-state index is 9.88. The number of benzene rings is 2. The van der Waals surface area contributed by atoms with E-state index in [1.165, 1.54) is 0 Å². The van der Waals surface area contributed by atoms with Crippen LogP contribution in [0.25, 0.3) is 22.3 Å². The van der Waals surface area contributed by atoms with Crippen LogP contribution in [0.4, 0.5) is 0 Å². The molecule has 0 saturated heterocycles. The Labute approximate surface area is 109 Å². The Morgan fingerprint density at radius 3 is 2.72 bits per heavy atom. The zero-order valence-electron chi connectivity index (χ0n) is 9.77. The van der Waals surface area contributed by atoms with Crippen molar-refractivity contribution < 1.29 is 9.52 Å². The monoisotopic (exact) mass is 258 g/mol. The number of fused-ring (bicyclic) bond motifs is 1. The Kier molecular flexibility index (Phi) is 2.53. The van der Waals surface area contributed by atoms with Gasteiger partial charge in [-0.3, -0.25) is 0 Å². The lowest BCUT2D eigenvalue weighted by molar-refractivity contribution is 0.474. The van der Waals surface area contributed by atoms with Gasteiger partial charge >= 0.3 is 0 Å². The van der Waals surface area contributed by atoms with Crippen LogP contribution in [0.2, 0.25) is 5.02 Å². The first kappa shape index (κ1) is 11.2. The molecule has 0 radical (unpaired) electrons. The van der Waals surface area contributed by atoms with E-state index in [0.29, 0.717) is 16.3 Å². The summed E-state index contributed by atoms with van der Waals surface area (Å²) in [5, 5.41) is 11.5. The van der Waals surface area contributed by atoms with Gasteiger partial charge in [-0.2, -0.15) is 0 Å². The van der Waals surface area contributed by atoms with Gasteiger partial charge in [-0.25, -0.2) is 0 Å². The number of aryl methyl sites for hydroxylation is 1. The van der Waals surface area contributed by atoms with Crippen molar-refractivity contribution in [3.05, 3.63) is 53.1 Å². The highest BCUT2D eigenvalue weighted by Gasteiger charge is 2.10. The number of rotatable bonds is 1. The van der Waals surface area contributed by atoms with Crippen molar-refractivity contribution in [2.24, 2.45) is 0 Å². The minimum Gasteiger partial charge on any atom is -0.507 e. The molecule has 0 unspecified atom stereocenters. The van der Waals surface area contributed by atoms with Crippen LogP contribution < -0.4 is 0 Å². The van der Waals surface area contributed by atoms with Crippen molar-refractivity contribution in [2.75, 3.05) is 0 Å². The van der Waals surface area contributed by atoms with Gasteiger partial charge in [0.1, 0.15) is 17.1 Å². The largest absolute Gasteiger partial charge is 0.507 e. The van der Waals surface area contributed by atoms with E-state index < -0.39 is 0 Å². The van der Waals surface area contributed by atoms with Crippen molar-refractivity contribution in [3.63, 3.8) is 0 Å². The molecule has 1 aromatic heterocycles. The molecule has 2 nitrogen and oxygen atoms in total. The van der Waals surface area contributed by atoms with E-state index in [9.17, 15) is 5.11 Å². The quantitative estimate of drug-likeness (QED) is 0.682. The lowest BCUT2D eigenvalue weighted by atomic mass is 10.1. The highest BCUT2D eigenvalue weighted by Crippen LogP contribution is 2.34. The predicted octanol–water partition coefficient (Wildman–Crippen LogP) is 4.77. The Morgan fingerprint density at radius 1 is 1.06 bits per heavy atom. The third kappa shape index (κ3) is 1.85. The third-order valence-electron chi connectivity index (χ3n) is 2.90. The minimum absolute atomic E-state index is 0.214. The van der Waals surface area contributed by atoms with Crippen LogP contribution >= 0.6 is 11.6 Å². The van der Waals surface area contributed by atoms with Crippen LogP contribution in [0.15, 0.2) is 46.9 Å². The number of phenolic OH excluding ortho intramolecular Hbond substituents is 1. The predicted molar refractivity (Wildman–Crippen MR) is 73.1 cm³/mol. The van der Waals surface area contributed by atoms with Crippen LogP contribution in [-0.2, 0) is 0 Å². The number of halogens is 1. The first-order valence-corrected chi connectivity index (χ1v) is 6.00. The highest BCUT2D eigenvalue weighted by atomic mass is 35.5. The van der Waals surface area contributed by atoms with E-state index in [-0.39, 0.29) is 5.75 Å². The number of hydrogen-bond acceptors (Lipinski definition) is 2. The maximum atomic E-state index is 9.88. The first-order chi connectivity index (χ1) is 8.63. The van der Waals surface area contributed by atoms with E-state index in [0.717, 1.165) is 16.5 Å². The van der Waals surface area contributed by atoms with Gasteiger partial charge in [-0.05, 0) is 43.3 Å². The van der Waals surface area contributed by atoms with Gasteiger partial charge in [0.05, 0.1) is 5.56 Å². The molecule has 0 aliphatic rings. The molecule has 1 N–H and O–H groups in total. The summed E-state index contributed by atoms with van der Waals surface area (Å²) in [5.74, 6) is 0.860. The van der Waals surface area contributed by atoms with Gasteiger partial charge in [0, 0.05) is 10.4 Å². The molecule has 0 bridgehead atoms. The number of aromatic hydroxyl groups is 1. The highest BCUT2D eigenvalue weighted by molar-refractivity contribution is 6.31. The third-order valence-corrected chi connectivity index (χ3v) is 3.13. The van der Waals surface area contributed by atoms with Crippen LogP contribution in [0, 0.1) is 6.92 Å². The van der Waals surface area contributed by atoms with Gasteiger partial charge in [0.15, 0.2) is 0 Å². The summed E-state index contributed by atoms with van der Waals surface area (Å²) < 4.78 is 5.73. The number of phenols is 1. The summed E-state index contributed by atoms with van der Waals surface area (Å²) in [6.07, 6.45) is 0. The SMILES string of the molecule is Cc1ccc(O)c(-c2cc3cc(Cl)ccc3o2)c1. The molecule has 3 rings (SSSR count). The van der Waals surface area contributed by atoms with Crippen molar-refractivity contribution in [1.29, 1.82) is 0 Å². The summed E-state index contributed by atoms with van der Waals surface area (Å²) in [7, 11) is 0. The summed E-state index contributed by atoms with van der Waals surface area (Å²) in [4.78, 5) is 0. The zero-order chi connectivity index (χ0) is 12.7. The lowest BCUT2D eigenvalue weighted by Gasteiger charge is -2.01. The van der Waals surface area contributed by atoms with Gasteiger partial charge < -0.3 is 9.52 Å². The fourth-order valence-corrected chi connectivity index (χ4v) is 2.17. The van der Waals surface area contributed by atoms with E-state index >= 15 is 0 Å². The fourth-order valence-electron chi connectivity index (χ4n) is 1.99. The van der Waals surface area contributed by atoms with E-state index in [2.05, 4.69) is 0 Å². The Hall–Kier alpha value is -1.93. The Morgan fingerprint density at radius 2 is 1.89 bits per heavy atom. The van der Waals surface area contributed by atoms with Crippen LogP contribution in [0.3, 0.4) is 0 Å². The molecule has 0 spiro atoms. The second kappa shape index (κ2) is 4.07. The van der Waals surface area contributed by atoms with E-state index in [4.69, 9.17) is 16.0 Å². The van der Waals surface area contributed by atoms with Crippen molar-refractivity contribution >= 4 is 22.6 Å². The molecule has 0 fully saturated rings. The van der Waals surface area contributed by atoms with Crippen LogP contribution in [0.5, 0.6) is 5.75 Å². The second-order valence-electron chi connectivity index (χ2n) is 4.31. The zero-order valence-corrected chi connectivity index (χ0v) is 10.5. The normalized spacial score (nSPS) is 11.0. The molecule has 18 heavy (non-hydrogen) atoms. The first-order valence-electron chi connectivity index (χ1n) is 5.62. The summed E-state index contributed by atoms with van der Waals surface area (Å²) in [6.45, 7) is 1.97. The summed E-state index contributed by atoms with van der Waals surface area (Å²) in [5.41, 5.74) is 2.53. The van der Waals surface area contributed by atoms with Gasteiger partial charge in [0.2, 0.25) is 0 Å². The smallest absolute Gasteiger partial charge is 0.139 e. The molecule has 0 amide bonds. The molecule has 0 aliphatic heterocycles. The molecule has 0 aliphatic carbocycles.